The average Bonchev–Trinajstić information content (AvgIpc) is 2.72. The molecule has 0 aliphatic heterocycles. The van der Waals surface area contributed by atoms with Crippen LogP contribution in [0.2, 0.25) is 5.02 Å². The number of hydrogen-bond acceptors (Lipinski definition) is 3. The van der Waals surface area contributed by atoms with Crippen molar-refractivity contribution in [1.82, 2.24) is 0 Å². The Bertz CT molecular complexity index is 621. The molecule has 1 saturated carbocycles. The van der Waals surface area contributed by atoms with Crippen LogP contribution >= 0.6 is 11.6 Å². The van der Waals surface area contributed by atoms with E-state index in [1.807, 2.05) is 12.1 Å². The summed E-state index contributed by atoms with van der Waals surface area (Å²) in [6, 6.07) is 5.50. The van der Waals surface area contributed by atoms with Crippen LogP contribution in [0.25, 0.3) is 11.0 Å². The Morgan fingerprint density at radius 2 is 2.18 bits per heavy atom. The van der Waals surface area contributed by atoms with Gasteiger partial charge in [0.2, 0.25) is 6.08 Å². The van der Waals surface area contributed by atoms with Crippen molar-refractivity contribution in [3.63, 3.8) is 0 Å². The first-order valence-corrected chi connectivity index (χ1v) is 5.90. The summed E-state index contributed by atoms with van der Waals surface area (Å²) in [4.78, 5) is 14.6. The molecule has 17 heavy (non-hydrogen) atoms. The monoisotopic (exact) mass is 247 g/mol. The number of fused-ring (bicyclic) bond motifs is 1. The van der Waals surface area contributed by atoms with E-state index in [-0.39, 0.29) is 0 Å². The number of halogens is 1. The van der Waals surface area contributed by atoms with Crippen LogP contribution in [0.4, 0.5) is 0 Å². The van der Waals surface area contributed by atoms with Gasteiger partial charge in [-0.25, -0.2) is 4.79 Å². The van der Waals surface area contributed by atoms with Crippen molar-refractivity contribution in [1.29, 1.82) is 0 Å². The summed E-state index contributed by atoms with van der Waals surface area (Å²) >= 11 is 6.26. The van der Waals surface area contributed by atoms with Crippen LogP contribution in [0.5, 0.6) is 0 Å². The van der Waals surface area contributed by atoms with E-state index in [9.17, 15) is 4.79 Å². The zero-order chi connectivity index (χ0) is 11.9. The standard InChI is InChI=1S/C13H10ClNO2/c14-10-2-3-11-9(4-7-17-11)12(10)13(15-8-16)5-1-6-13/h2-4,7H,1,5-6H2. The zero-order valence-electron chi connectivity index (χ0n) is 9.07. The molecule has 4 heteroatoms. The molecule has 3 nitrogen and oxygen atoms in total. The zero-order valence-corrected chi connectivity index (χ0v) is 9.83. The molecule has 3 rings (SSSR count). The Labute approximate surface area is 103 Å². The number of hydrogen-bond donors (Lipinski definition) is 0. The summed E-state index contributed by atoms with van der Waals surface area (Å²) in [5, 5.41) is 1.58. The van der Waals surface area contributed by atoms with Crippen molar-refractivity contribution in [2.24, 2.45) is 4.99 Å². The molecule has 0 amide bonds. The number of benzene rings is 1. The Morgan fingerprint density at radius 1 is 1.35 bits per heavy atom. The SMILES string of the molecule is O=C=NC1(c2c(Cl)ccc3occc23)CCC1. The molecule has 0 saturated heterocycles. The number of aliphatic imine (C=N–C) groups is 1. The van der Waals surface area contributed by atoms with Gasteiger partial charge >= 0.3 is 0 Å². The average molecular weight is 248 g/mol. The van der Waals surface area contributed by atoms with Gasteiger partial charge in [-0.3, -0.25) is 0 Å². The maximum absolute atomic E-state index is 10.6. The van der Waals surface area contributed by atoms with E-state index in [4.69, 9.17) is 16.0 Å². The fraction of sp³-hybridized carbons (Fsp3) is 0.308. The molecular formula is C13H10ClNO2. The smallest absolute Gasteiger partial charge is 0.235 e. The van der Waals surface area contributed by atoms with Crippen molar-refractivity contribution >= 4 is 28.7 Å². The molecule has 2 aromatic rings. The molecule has 1 aromatic carbocycles. The van der Waals surface area contributed by atoms with Gasteiger partial charge in [-0.05, 0) is 37.5 Å². The van der Waals surface area contributed by atoms with E-state index < -0.39 is 5.54 Å². The third-order valence-electron chi connectivity index (χ3n) is 3.49. The van der Waals surface area contributed by atoms with Gasteiger partial charge in [0.05, 0.1) is 6.26 Å². The molecule has 1 fully saturated rings. The van der Waals surface area contributed by atoms with Crippen LogP contribution in [0.3, 0.4) is 0 Å². The second-order valence-electron chi connectivity index (χ2n) is 4.34. The van der Waals surface area contributed by atoms with Crippen LogP contribution in [-0.4, -0.2) is 6.08 Å². The van der Waals surface area contributed by atoms with E-state index in [0.29, 0.717) is 5.02 Å². The van der Waals surface area contributed by atoms with Gasteiger partial charge in [0.15, 0.2) is 0 Å². The van der Waals surface area contributed by atoms with Crippen molar-refractivity contribution in [2.45, 2.75) is 24.8 Å². The number of furan rings is 1. The fourth-order valence-electron chi connectivity index (χ4n) is 2.51. The van der Waals surface area contributed by atoms with E-state index in [0.717, 1.165) is 35.8 Å². The highest BCUT2D eigenvalue weighted by atomic mass is 35.5. The fourth-order valence-corrected chi connectivity index (χ4v) is 2.85. The second kappa shape index (κ2) is 3.73. The molecule has 1 heterocycles. The van der Waals surface area contributed by atoms with Crippen LogP contribution in [-0.2, 0) is 10.3 Å². The minimum Gasteiger partial charge on any atom is -0.464 e. The van der Waals surface area contributed by atoms with Crippen LogP contribution in [0.1, 0.15) is 24.8 Å². The molecular weight excluding hydrogens is 238 g/mol. The lowest BCUT2D eigenvalue weighted by Crippen LogP contribution is -2.32. The third kappa shape index (κ3) is 1.43. The Balaban J connectivity index is 2.31. The predicted molar refractivity (Wildman–Crippen MR) is 64.9 cm³/mol. The van der Waals surface area contributed by atoms with Crippen molar-refractivity contribution in [3.8, 4) is 0 Å². The summed E-state index contributed by atoms with van der Waals surface area (Å²) < 4.78 is 5.36. The van der Waals surface area contributed by atoms with Gasteiger partial charge in [0, 0.05) is 16.0 Å². The van der Waals surface area contributed by atoms with Crippen molar-refractivity contribution < 1.29 is 9.21 Å². The molecule has 86 valence electrons. The molecule has 0 bridgehead atoms. The molecule has 0 atom stereocenters. The normalized spacial score (nSPS) is 17.5. The summed E-state index contributed by atoms with van der Waals surface area (Å²) in [6.07, 6.45) is 6.04. The maximum Gasteiger partial charge on any atom is 0.235 e. The van der Waals surface area contributed by atoms with Crippen LogP contribution < -0.4 is 0 Å². The number of isocyanates is 1. The quantitative estimate of drug-likeness (QED) is 0.598. The first-order valence-electron chi connectivity index (χ1n) is 5.52. The van der Waals surface area contributed by atoms with Gasteiger partial charge in [0.1, 0.15) is 11.1 Å². The molecule has 0 unspecified atom stereocenters. The highest BCUT2D eigenvalue weighted by Gasteiger charge is 2.41. The van der Waals surface area contributed by atoms with E-state index >= 15 is 0 Å². The molecule has 0 N–H and O–H groups in total. The highest BCUT2D eigenvalue weighted by Crippen LogP contribution is 2.49. The topological polar surface area (TPSA) is 42.6 Å². The molecule has 0 spiro atoms. The summed E-state index contributed by atoms with van der Waals surface area (Å²) in [6.45, 7) is 0. The first kappa shape index (κ1) is 10.6. The molecule has 1 aliphatic carbocycles. The first-order chi connectivity index (χ1) is 8.27. The largest absolute Gasteiger partial charge is 0.464 e. The minimum absolute atomic E-state index is 0.484. The number of nitrogens with zero attached hydrogens (tertiary/aromatic N) is 1. The van der Waals surface area contributed by atoms with Gasteiger partial charge < -0.3 is 4.42 Å². The Hall–Kier alpha value is -1.57. The Morgan fingerprint density at radius 3 is 2.82 bits per heavy atom. The molecule has 0 radical (unpaired) electrons. The summed E-state index contributed by atoms with van der Waals surface area (Å²) in [7, 11) is 0. The van der Waals surface area contributed by atoms with Gasteiger partial charge in [0.25, 0.3) is 0 Å². The maximum atomic E-state index is 10.6. The lowest BCUT2D eigenvalue weighted by Gasteiger charge is -2.38. The number of rotatable bonds is 2. The van der Waals surface area contributed by atoms with Crippen molar-refractivity contribution in [2.75, 3.05) is 0 Å². The van der Waals surface area contributed by atoms with Crippen molar-refractivity contribution in [3.05, 3.63) is 35.0 Å². The second-order valence-corrected chi connectivity index (χ2v) is 4.75. The predicted octanol–water partition coefficient (Wildman–Crippen LogP) is 3.80. The van der Waals surface area contributed by atoms with Gasteiger partial charge in [-0.15, -0.1) is 0 Å². The molecule has 1 aliphatic rings. The van der Waals surface area contributed by atoms with Gasteiger partial charge in [-0.2, -0.15) is 4.99 Å². The Kier molecular flexibility index (Phi) is 2.32. The van der Waals surface area contributed by atoms with Crippen LogP contribution in [0.15, 0.2) is 33.9 Å². The van der Waals surface area contributed by atoms with E-state index in [2.05, 4.69) is 4.99 Å². The van der Waals surface area contributed by atoms with E-state index in [1.165, 1.54) is 0 Å². The minimum atomic E-state index is -0.484. The number of carbonyl (C=O) groups excluding carboxylic acids is 1. The highest BCUT2D eigenvalue weighted by molar-refractivity contribution is 6.32. The van der Waals surface area contributed by atoms with E-state index in [1.54, 1.807) is 18.4 Å². The molecule has 1 aromatic heterocycles. The van der Waals surface area contributed by atoms with Crippen LogP contribution in [0, 0.1) is 0 Å². The summed E-state index contributed by atoms with van der Waals surface area (Å²) in [5.41, 5.74) is 1.19. The summed E-state index contributed by atoms with van der Waals surface area (Å²) in [5.74, 6) is 0. The third-order valence-corrected chi connectivity index (χ3v) is 3.81. The lowest BCUT2D eigenvalue weighted by atomic mass is 9.71. The van der Waals surface area contributed by atoms with Gasteiger partial charge in [-0.1, -0.05) is 11.6 Å². The lowest BCUT2D eigenvalue weighted by molar-refractivity contribution is 0.258.